The van der Waals surface area contributed by atoms with Crippen LogP contribution in [0.15, 0.2) is 0 Å². The monoisotopic (exact) mass is 264 g/mol. The van der Waals surface area contributed by atoms with Crippen LogP contribution in [0.25, 0.3) is 0 Å². The van der Waals surface area contributed by atoms with Crippen molar-refractivity contribution in [3.63, 3.8) is 0 Å². The van der Waals surface area contributed by atoms with Gasteiger partial charge >= 0.3 is 0 Å². The molecule has 17 heavy (non-hydrogen) atoms. The second-order valence-corrected chi connectivity index (χ2v) is 5.76. The molecule has 4 nitrogen and oxygen atoms in total. The van der Waals surface area contributed by atoms with Crippen molar-refractivity contribution in [2.45, 2.75) is 43.8 Å². The van der Waals surface area contributed by atoms with Gasteiger partial charge in [-0.1, -0.05) is 0 Å². The van der Waals surface area contributed by atoms with Gasteiger partial charge in [-0.15, -0.1) is 0 Å². The van der Waals surface area contributed by atoms with Gasteiger partial charge in [0.25, 0.3) is 0 Å². The van der Waals surface area contributed by atoms with Gasteiger partial charge in [0.15, 0.2) is 0 Å². The molecule has 1 aliphatic rings. The van der Waals surface area contributed by atoms with Crippen LogP contribution in [0, 0.1) is 0 Å². The van der Waals surface area contributed by atoms with Crippen molar-refractivity contribution in [3.05, 3.63) is 0 Å². The van der Waals surface area contributed by atoms with Crippen LogP contribution in [-0.4, -0.2) is 61.4 Å². The van der Waals surface area contributed by atoms with Crippen LogP contribution in [0.4, 0.5) is 0 Å². The summed E-state index contributed by atoms with van der Waals surface area (Å²) in [6, 6.07) is 0. The predicted molar refractivity (Wildman–Crippen MR) is 69.6 cm³/mol. The van der Waals surface area contributed by atoms with Gasteiger partial charge in [0.2, 0.25) is 0 Å². The maximum atomic E-state index is 9.79. The summed E-state index contributed by atoms with van der Waals surface area (Å²) < 4.78 is 15.9. The summed E-state index contributed by atoms with van der Waals surface area (Å²) in [5.74, 6) is 0.706. The summed E-state index contributed by atoms with van der Waals surface area (Å²) in [4.78, 5) is 0. The Morgan fingerprint density at radius 3 is 2.82 bits per heavy atom. The van der Waals surface area contributed by atoms with Crippen LogP contribution >= 0.6 is 11.8 Å². The fourth-order valence-corrected chi connectivity index (χ4v) is 2.95. The molecule has 1 fully saturated rings. The molecule has 0 spiro atoms. The fourth-order valence-electron chi connectivity index (χ4n) is 1.77. The second-order valence-electron chi connectivity index (χ2n) is 4.49. The molecule has 1 rings (SSSR count). The molecule has 5 heteroatoms. The fraction of sp³-hybridized carbons (Fsp3) is 1.00. The molecular formula is C12H24O4S. The van der Waals surface area contributed by atoms with Crippen molar-refractivity contribution in [1.82, 2.24) is 0 Å². The van der Waals surface area contributed by atoms with Gasteiger partial charge in [0, 0.05) is 24.7 Å². The predicted octanol–water partition coefficient (Wildman–Crippen LogP) is 1.31. The molecule has 1 heterocycles. The van der Waals surface area contributed by atoms with Crippen molar-refractivity contribution >= 4 is 11.8 Å². The van der Waals surface area contributed by atoms with E-state index in [0.717, 1.165) is 13.0 Å². The molecule has 1 N–H and O–H groups in total. The zero-order chi connectivity index (χ0) is 12.7. The van der Waals surface area contributed by atoms with E-state index in [1.807, 2.05) is 6.92 Å². The number of aliphatic hydroxyl groups is 1. The quantitative estimate of drug-likeness (QED) is 0.716. The number of thioether (sulfide) groups is 1. The van der Waals surface area contributed by atoms with Gasteiger partial charge in [0.1, 0.15) is 0 Å². The number of methoxy groups -OCH3 is 1. The Bertz CT molecular complexity index is 203. The molecule has 0 aromatic heterocycles. The van der Waals surface area contributed by atoms with Gasteiger partial charge in [-0.3, -0.25) is 0 Å². The Hall–Kier alpha value is 0.190. The Labute approximate surface area is 108 Å². The lowest BCUT2D eigenvalue weighted by atomic mass is 10.3. The van der Waals surface area contributed by atoms with E-state index in [1.165, 1.54) is 0 Å². The van der Waals surface area contributed by atoms with Gasteiger partial charge in [-0.05, 0) is 20.3 Å². The minimum atomic E-state index is -0.410. The van der Waals surface area contributed by atoms with Crippen molar-refractivity contribution in [3.8, 4) is 0 Å². The molecule has 0 aromatic carbocycles. The molecule has 0 bridgehead atoms. The third-order valence-corrected chi connectivity index (χ3v) is 4.41. The van der Waals surface area contributed by atoms with Crippen molar-refractivity contribution in [2.24, 2.45) is 0 Å². The van der Waals surface area contributed by atoms with Gasteiger partial charge in [0.05, 0.1) is 31.5 Å². The molecule has 0 amide bonds. The lowest BCUT2D eigenvalue weighted by Gasteiger charge is -2.18. The molecule has 4 atom stereocenters. The normalized spacial score (nSPS) is 28.2. The van der Waals surface area contributed by atoms with E-state index >= 15 is 0 Å². The summed E-state index contributed by atoms with van der Waals surface area (Å²) in [5, 5.41) is 10.3. The third kappa shape index (κ3) is 6.06. The van der Waals surface area contributed by atoms with Gasteiger partial charge in [-0.25, -0.2) is 0 Å². The van der Waals surface area contributed by atoms with Crippen LogP contribution < -0.4 is 0 Å². The minimum absolute atomic E-state index is 0.0355. The number of aliphatic hydroxyl groups excluding tert-OH is 1. The largest absolute Gasteiger partial charge is 0.390 e. The Morgan fingerprint density at radius 2 is 2.24 bits per heavy atom. The second kappa shape index (κ2) is 8.32. The highest BCUT2D eigenvalue weighted by Crippen LogP contribution is 2.26. The lowest BCUT2D eigenvalue weighted by molar-refractivity contribution is -0.0257. The average molecular weight is 264 g/mol. The molecule has 4 unspecified atom stereocenters. The molecule has 0 aliphatic carbocycles. The number of ether oxygens (including phenoxy) is 3. The molecule has 1 saturated heterocycles. The van der Waals surface area contributed by atoms with E-state index in [1.54, 1.807) is 18.9 Å². The summed E-state index contributed by atoms with van der Waals surface area (Å²) in [7, 11) is 1.65. The first-order chi connectivity index (χ1) is 8.13. The van der Waals surface area contributed by atoms with E-state index in [2.05, 4.69) is 6.92 Å². The maximum absolute atomic E-state index is 9.79. The minimum Gasteiger partial charge on any atom is -0.390 e. The number of hydrogen-bond donors (Lipinski definition) is 1. The third-order valence-electron chi connectivity index (χ3n) is 2.78. The van der Waals surface area contributed by atoms with Crippen LogP contribution in [0.2, 0.25) is 0 Å². The van der Waals surface area contributed by atoms with E-state index in [-0.39, 0.29) is 6.10 Å². The highest BCUT2D eigenvalue weighted by atomic mass is 32.2. The zero-order valence-electron chi connectivity index (χ0n) is 10.9. The summed E-state index contributed by atoms with van der Waals surface area (Å²) in [6.07, 6.45) is 1.01. The van der Waals surface area contributed by atoms with Gasteiger partial charge in [-0.2, -0.15) is 11.8 Å². The van der Waals surface area contributed by atoms with E-state index < -0.39 is 6.10 Å². The highest BCUT2D eigenvalue weighted by molar-refractivity contribution is 8.00. The van der Waals surface area contributed by atoms with Crippen molar-refractivity contribution in [2.75, 3.05) is 32.7 Å². The molecule has 102 valence electrons. The van der Waals surface area contributed by atoms with E-state index in [0.29, 0.717) is 30.3 Å². The molecule has 0 radical (unpaired) electrons. The molecule has 0 aromatic rings. The van der Waals surface area contributed by atoms with Crippen LogP contribution in [0.1, 0.15) is 20.3 Å². The zero-order valence-corrected chi connectivity index (χ0v) is 11.7. The average Bonchev–Trinajstić information content (AvgIpc) is 2.70. The lowest BCUT2D eigenvalue weighted by Crippen LogP contribution is -2.26. The van der Waals surface area contributed by atoms with E-state index in [4.69, 9.17) is 14.2 Å². The van der Waals surface area contributed by atoms with Gasteiger partial charge < -0.3 is 19.3 Å². The maximum Gasteiger partial charge on any atom is 0.0864 e. The van der Waals surface area contributed by atoms with Crippen LogP contribution in [0.3, 0.4) is 0 Å². The van der Waals surface area contributed by atoms with Crippen LogP contribution in [0.5, 0.6) is 0 Å². The molecule has 1 aliphatic heterocycles. The molecular weight excluding hydrogens is 240 g/mol. The summed E-state index contributed by atoms with van der Waals surface area (Å²) in [6.45, 7) is 5.81. The standard InChI is InChI=1S/C12H24O4S/c1-9(6-14-3)16-7-11(13)8-17-12-4-5-15-10(12)2/h9-13H,4-8H2,1-3H3. The SMILES string of the molecule is COCC(C)OCC(O)CSC1CCOC1C. The number of hydrogen-bond acceptors (Lipinski definition) is 5. The van der Waals surface area contributed by atoms with E-state index in [9.17, 15) is 5.11 Å². The number of rotatable bonds is 8. The molecule has 0 saturated carbocycles. The topological polar surface area (TPSA) is 47.9 Å². The smallest absolute Gasteiger partial charge is 0.0864 e. The Balaban J connectivity index is 2.06. The first kappa shape index (κ1) is 15.2. The first-order valence-corrected chi connectivity index (χ1v) is 7.20. The van der Waals surface area contributed by atoms with Crippen LogP contribution in [-0.2, 0) is 14.2 Å². The Morgan fingerprint density at radius 1 is 1.47 bits per heavy atom. The highest BCUT2D eigenvalue weighted by Gasteiger charge is 2.25. The summed E-state index contributed by atoms with van der Waals surface area (Å²) in [5.41, 5.74) is 0. The van der Waals surface area contributed by atoms with Crippen molar-refractivity contribution in [1.29, 1.82) is 0 Å². The van der Waals surface area contributed by atoms with Crippen molar-refractivity contribution < 1.29 is 19.3 Å². The summed E-state index contributed by atoms with van der Waals surface area (Å²) >= 11 is 1.78. The Kier molecular flexibility index (Phi) is 7.46. The first-order valence-electron chi connectivity index (χ1n) is 6.15.